The van der Waals surface area contributed by atoms with Crippen molar-refractivity contribution in [2.24, 2.45) is 0 Å². The molecular weight excluding hydrogens is 268 g/mol. The Balaban J connectivity index is 1.78. The normalized spacial score (nSPS) is 14.0. The molecular formula is C16H18N2O3. The van der Waals surface area contributed by atoms with Gasteiger partial charge < -0.3 is 14.5 Å². The summed E-state index contributed by atoms with van der Waals surface area (Å²) in [6.07, 6.45) is 0. The number of ether oxygens (including phenoxy) is 1. The van der Waals surface area contributed by atoms with E-state index in [1.54, 1.807) is 4.90 Å². The summed E-state index contributed by atoms with van der Waals surface area (Å²) in [5.41, 5.74) is 0.790. The summed E-state index contributed by atoms with van der Waals surface area (Å²) in [4.78, 5) is 13.8. The van der Waals surface area contributed by atoms with Gasteiger partial charge in [0, 0.05) is 0 Å². The van der Waals surface area contributed by atoms with Gasteiger partial charge in [-0.05, 0) is 30.8 Å². The van der Waals surface area contributed by atoms with Crippen LogP contribution in [-0.4, -0.2) is 19.1 Å². The molecule has 1 aromatic heterocycles. The number of hydrogen-bond donors (Lipinski definition) is 1. The molecule has 0 atom stereocenters. The number of amides is 1. The highest BCUT2D eigenvalue weighted by atomic mass is 16.5. The number of rotatable bonds is 5. The fourth-order valence-corrected chi connectivity index (χ4v) is 2.33. The predicted molar refractivity (Wildman–Crippen MR) is 79.2 cm³/mol. The van der Waals surface area contributed by atoms with Crippen LogP contribution in [0.2, 0.25) is 0 Å². The lowest BCUT2D eigenvalue weighted by Gasteiger charge is -2.28. The zero-order chi connectivity index (χ0) is 14.7. The van der Waals surface area contributed by atoms with Gasteiger partial charge in [0.25, 0.3) is 5.91 Å². The Hall–Kier alpha value is -2.27. The minimum Gasteiger partial charge on any atom is -0.482 e. The molecule has 0 saturated carbocycles. The molecule has 0 saturated heterocycles. The maximum Gasteiger partial charge on any atom is 0.265 e. The molecule has 1 amide bonds. The highest BCUT2D eigenvalue weighted by molar-refractivity contribution is 5.97. The van der Waals surface area contributed by atoms with Crippen molar-refractivity contribution in [3.8, 4) is 5.75 Å². The largest absolute Gasteiger partial charge is 0.482 e. The SMILES string of the molecule is CCNCc1ccc(CN2C(=O)COc3ccccc32)o1. The van der Waals surface area contributed by atoms with E-state index in [0.29, 0.717) is 13.1 Å². The van der Waals surface area contributed by atoms with Crippen molar-refractivity contribution in [3.63, 3.8) is 0 Å². The van der Waals surface area contributed by atoms with Crippen LogP contribution < -0.4 is 15.0 Å². The van der Waals surface area contributed by atoms with Crippen LogP contribution in [0.15, 0.2) is 40.8 Å². The van der Waals surface area contributed by atoms with E-state index in [1.165, 1.54) is 0 Å². The maximum atomic E-state index is 12.1. The summed E-state index contributed by atoms with van der Waals surface area (Å²) < 4.78 is 11.2. The van der Waals surface area contributed by atoms with Gasteiger partial charge in [0.2, 0.25) is 0 Å². The summed E-state index contributed by atoms with van der Waals surface area (Å²) in [5.74, 6) is 2.32. The van der Waals surface area contributed by atoms with E-state index >= 15 is 0 Å². The van der Waals surface area contributed by atoms with Crippen LogP contribution in [0.3, 0.4) is 0 Å². The fraction of sp³-hybridized carbons (Fsp3) is 0.312. The molecule has 0 spiro atoms. The monoisotopic (exact) mass is 286 g/mol. The second-order valence-corrected chi connectivity index (χ2v) is 4.88. The molecule has 3 rings (SSSR count). The van der Waals surface area contributed by atoms with Crippen LogP contribution in [0.5, 0.6) is 5.75 Å². The summed E-state index contributed by atoms with van der Waals surface area (Å²) in [6.45, 7) is 4.13. The molecule has 1 aliphatic rings. The van der Waals surface area contributed by atoms with Crippen LogP contribution in [0.1, 0.15) is 18.4 Å². The number of nitrogens with one attached hydrogen (secondary N) is 1. The third kappa shape index (κ3) is 2.92. The molecule has 1 N–H and O–H groups in total. The maximum absolute atomic E-state index is 12.1. The van der Waals surface area contributed by atoms with Crippen LogP contribution in [0.25, 0.3) is 0 Å². The molecule has 2 heterocycles. The van der Waals surface area contributed by atoms with Gasteiger partial charge in [-0.15, -0.1) is 0 Å². The van der Waals surface area contributed by atoms with Gasteiger partial charge in [-0.2, -0.15) is 0 Å². The summed E-state index contributed by atoms with van der Waals surface area (Å²) in [5, 5.41) is 3.21. The van der Waals surface area contributed by atoms with Crippen LogP contribution in [0, 0.1) is 0 Å². The Morgan fingerprint density at radius 1 is 1.19 bits per heavy atom. The Morgan fingerprint density at radius 2 is 2.00 bits per heavy atom. The lowest BCUT2D eigenvalue weighted by atomic mass is 10.2. The van der Waals surface area contributed by atoms with E-state index in [2.05, 4.69) is 5.32 Å². The third-order valence-electron chi connectivity index (χ3n) is 3.39. The standard InChI is InChI=1S/C16H18N2O3/c1-2-17-9-12-7-8-13(21-12)10-18-14-5-3-4-6-15(14)20-11-16(18)19/h3-8,17H,2,9-11H2,1H3. The van der Waals surface area contributed by atoms with Crippen molar-refractivity contribution < 1.29 is 13.9 Å². The van der Waals surface area contributed by atoms with Gasteiger partial charge in [-0.3, -0.25) is 9.69 Å². The number of benzene rings is 1. The molecule has 21 heavy (non-hydrogen) atoms. The Bertz CT molecular complexity index is 636. The molecule has 5 nitrogen and oxygen atoms in total. The Labute approximate surface area is 123 Å². The molecule has 5 heteroatoms. The first-order valence-electron chi connectivity index (χ1n) is 7.08. The van der Waals surface area contributed by atoms with E-state index in [1.807, 2.05) is 43.3 Å². The third-order valence-corrected chi connectivity index (χ3v) is 3.39. The molecule has 0 radical (unpaired) electrons. The Morgan fingerprint density at radius 3 is 2.86 bits per heavy atom. The van der Waals surface area contributed by atoms with E-state index in [-0.39, 0.29) is 12.5 Å². The van der Waals surface area contributed by atoms with Crippen molar-refractivity contribution in [2.75, 3.05) is 18.1 Å². The van der Waals surface area contributed by atoms with Gasteiger partial charge in [0.05, 0.1) is 18.8 Å². The first-order valence-corrected chi connectivity index (χ1v) is 7.08. The molecule has 2 aromatic rings. The smallest absolute Gasteiger partial charge is 0.265 e. The lowest BCUT2D eigenvalue weighted by Crippen LogP contribution is -2.38. The number of para-hydroxylation sites is 2. The van der Waals surface area contributed by atoms with Crippen molar-refractivity contribution in [2.45, 2.75) is 20.0 Å². The summed E-state index contributed by atoms with van der Waals surface area (Å²) in [6, 6.07) is 11.4. The highest BCUT2D eigenvalue weighted by Crippen LogP contribution is 2.32. The van der Waals surface area contributed by atoms with E-state index < -0.39 is 0 Å². The molecule has 110 valence electrons. The second kappa shape index (κ2) is 6.01. The molecule has 0 aliphatic carbocycles. The van der Waals surface area contributed by atoms with Crippen molar-refractivity contribution in [1.82, 2.24) is 5.32 Å². The van der Waals surface area contributed by atoms with Gasteiger partial charge in [-0.1, -0.05) is 19.1 Å². The number of carbonyl (C=O) groups is 1. The number of anilines is 1. The van der Waals surface area contributed by atoms with Crippen molar-refractivity contribution in [1.29, 1.82) is 0 Å². The predicted octanol–water partition coefficient (Wildman–Crippen LogP) is 2.31. The van der Waals surface area contributed by atoms with Crippen LogP contribution >= 0.6 is 0 Å². The number of hydrogen-bond acceptors (Lipinski definition) is 4. The van der Waals surface area contributed by atoms with Gasteiger partial charge in [0.1, 0.15) is 17.3 Å². The van der Waals surface area contributed by atoms with E-state index in [9.17, 15) is 4.79 Å². The topological polar surface area (TPSA) is 54.7 Å². The zero-order valence-corrected chi connectivity index (χ0v) is 12.0. The van der Waals surface area contributed by atoms with Gasteiger partial charge in [0.15, 0.2) is 6.61 Å². The first kappa shape index (κ1) is 13.7. The average molecular weight is 286 g/mol. The van der Waals surface area contributed by atoms with Gasteiger partial charge in [-0.25, -0.2) is 0 Å². The minimum absolute atomic E-state index is 0.0571. The molecule has 0 fully saturated rings. The number of nitrogens with zero attached hydrogens (tertiary/aromatic N) is 1. The quantitative estimate of drug-likeness (QED) is 0.916. The average Bonchev–Trinajstić information content (AvgIpc) is 2.96. The fourth-order valence-electron chi connectivity index (χ4n) is 2.33. The van der Waals surface area contributed by atoms with Crippen LogP contribution in [0.4, 0.5) is 5.69 Å². The van der Waals surface area contributed by atoms with Crippen molar-refractivity contribution in [3.05, 3.63) is 47.9 Å². The minimum atomic E-state index is -0.0571. The van der Waals surface area contributed by atoms with Gasteiger partial charge >= 0.3 is 0 Å². The Kier molecular flexibility index (Phi) is 3.92. The number of fused-ring (bicyclic) bond motifs is 1. The number of furan rings is 1. The summed E-state index contributed by atoms with van der Waals surface area (Å²) in [7, 11) is 0. The molecule has 1 aromatic carbocycles. The van der Waals surface area contributed by atoms with E-state index in [0.717, 1.165) is 29.5 Å². The second-order valence-electron chi connectivity index (χ2n) is 4.88. The van der Waals surface area contributed by atoms with Crippen molar-refractivity contribution >= 4 is 11.6 Å². The zero-order valence-electron chi connectivity index (χ0n) is 12.0. The highest BCUT2D eigenvalue weighted by Gasteiger charge is 2.25. The first-order chi connectivity index (χ1) is 10.3. The molecule has 0 bridgehead atoms. The van der Waals surface area contributed by atoms with Crippen LogP contribution in [-0.2, 0) is 17.9 Å². The summed E-state index contributed by atoms with van der Waals surface area (Å²) >= 11 is 0. The molecule has 0 unspecified atom stereocenters. The number of carbonyl (C=O) groups excluding carboxylic acids is 1. The lowest BCUT2D eigenvalue weighted by molar-refractivity contribution is -0.121. The molecule has 1 aliphatic heterocycles. The van der Waals surface area contributed by atoms with E-state index in [4.69, 9.17) is 9.15 Å².